The van der Waals surface area contributed by atoms with Crippen LogP contribution in [0.1, 0.15) is 21.6 Å². The van der Waals surface area contributed by atoms with Gasteiger partial charge in [-0.1, -0.05) is 35.0 Å². The van der Waals surface area contributed by atoms with Crippen molar-refractivity contribution in [1.82, 2.24) is 14.9 Å². The fourth-order valence-electron chi connectivity index (χ4n) is 2.84. The van der Waals surface area contributed by atoms with E-state index in [0.29, 0.717) is 23.6 Å². The van der Waals surface area contributed by atoms with E-state index < -0.39 is 5.91 Å². The summed E-state index contributed by atoms with van der Waals surface area (Å²) < 4.78 is 20.0. The standard InChI is InChI=1S/C21H17FN4O2/c1-14-3-2-4-15(9-14)12-26-13-18(11-23-26)24-21(27)19-10-20(28-25-19)16-5-7-17(22)8-6-16/h2-11,13H,12H2,1H3,(H,24,27). The molecule has 0 bridgehead atoms. The summed E-state index contributed by atoms with van der Waals surface area (Å²) in [4.78, 5) is 12.4. The van der Waals surface area contributed by atoms with E-state index in [1.165, 1.54) is 23.8 Å². The van der Waals surface area contributed by atoms with Gasteiger partial charge in [0.15, 0.2) is 11.5 Å². The first kappa shape index (κ1) is 17.7. The fourth-order valence-corrected chi connectivity index (χ4v) is 2.84. The van der Waals surface area contributed by atoms with Gasteiger partial charge >= 0.3 is 0 Å². The number of anilines is 1. The van der Waals surface area contributed by atoms with Crippen molar-refractivity contribution in [2.45, 2.75) is 13.5 Å². The van der Waals surface area contributed by atoms with E-state index in [1.807, 2.05) is 25.1 Å². The first-order valence-electron chi connectivity index (χ1n) is 8.69. The van der Waals surface area contributed by atoms with Crippen LogP contribution in [0.3, 0.4) is 0 Å². The number of rotatable bonds is 5. The molecule has 1 amide bonds. The molecule has 0 aliphatic heterocycles. The zero-order chi connectivity index (χ0) is 19.5. The number of halogens is 1. The predicted octanol–water partition coefficient (Wildman–Crippen LogP) is 4.29. The van der Waals surface area contributed by atoms with E-state index in [4.69, 9.17) is 4.52 Å². The predicted molar refractivity (Wildman–Crippen MR) is 102 cm³/mol. The minimum atomic E-state index is -0.410. The van der Waals surface area contributed by atoms with Crippen LogP contribution in [0.4, 0.5) is 10.1 Å². The highest BCUT2D eigenvalue weighted by Crippen LogP contribution is 2.21. The van der Waals surface area contributed by atoms with E-state index in [0.717, 1.165) is 5.56 Å². The van der Waals surface area contributed by atoms with Crippen molar-refractivity contribution in [2.24, 2.45) is 0 Å². The van der Waals surface area contributed by atoms with Crippen molar-refractivity contribution in [3.8, 4) is 11.3 Å². The third-order valence-corrected chi connectivity index (χ3v) is 4.19. The molecular formula is C21H17FN4O2. The first-order chi connectivity index (χ1) is 13.6. The lowest BCUT2D eigenvalue weighted by Crippen LogP contribution is -2.11. The van der Waals surface area contributed by atoms with E-state index in [-0.39, 0.29) is 11.5 Å². The number of hydrogen-bond donors (Lipinski definition) is 1. The van der Waals surface area contributed by atoms with Gasteiger partial charge in [-0.3, -0.25) is 9.48 Å². The third kappa shape index (κ3) is 3.98. The molecule has 7 heteroatoms. The van der Waals surface area contributed by atoms with Crippen molar-refractivity contribution < 1.29 is 13.7 Å². The van der Waals surface area contributed by atoms with E-state index in [1.54, 1.807) is 29.2 Å². The molecule has 0 saturated carbocycles. The second kappa shape index (κ2) is 7.48. The van der Waals surface area contributed by atoms with Gasteiger partial charge in [-0.2, -0.15) is 5.10 Å². The number of nitrogens with one attached hydrogen (secondary N) is 1. The van der Waals surface area contributed by atoms with E-state index >= 15 is 0 Å². The van der Waals surface area contributed by atoms with Crippen LogP contribution >= 0.6 is 0 Å². The van der Waals surface area contributed by atoms with Gasteiger partial charge in [0.2, 0.25) is 0 Å². The van der Waals surface area contributed by atoms with Gasteiger partial charge in [0.1, 0.15) is 5.82 Å². The van der Waals surface area contributed by atoms with E-state index in [2.05, 4.69) is 21.6 Å². The summed E-state index contributed by atoms with van der Waals surface area (Å²) in [5, 5.41) is 10.8. The molecule has 6 nitrogen and oxygen atoms in total. The number of nitrogens with zero attached hydrogens (tertiary/aromatic N) is 3. The first-order valence-corrected chi connectivity index (χ1v) is 8.69. The van der Waals surface area contributed by atoms with Crippen LogP contribution < -0.4 is 5.32 Å². The molecule has 0 unspecified atom stereocenters. The van der Waals surface area contributed by atoms with Crippen molar-refractivity contribution in [2.75, 3.05) is 5.32 Å². The van der Waals surface area contributed by atoms with Crippen molar-refractivity contribution in [3.05, 3.63) is 89.6 Å². The molecule has 2 heterocycles. The maximum Gasteiger partial charge on any atom is 0.277 e. The van der Waals surface area contributed by atoms with Gasteiger partial charge in [-0.15, -0.1) is 0 Å². The summed E-state index contributed by atoms with van der Waals surface area (Å²) >= 11 is 0. The Kier molecular flexibility index (Phi) is 4.72. The van der Waals surface area contributed by atoms with Gasteiger partial charge in [0, 0.05) is 17.8 Å². The van der Waals surface area contributed by atoms with Gasteiger partial charge in [-0.05, 0) is 36.8 Å². The molecule has 0 saturated heterocycles. The second-order valence-corrected chi connectivity index (χ2v) is 6.45. The molecule has 4 aromatic rings. The maximum atomic E-state index is 13.0. The average molecular weight is 376 g/mol. The normalized spacial score (nSPS) is 10.8. The zero-order valence-corrected chi connectivity index (χ0v) is 15.1. The number of aromatic nitrogens is 3. The highest BCUT2D eigenvalue weighted by molar-refractivity contribution is 6.03. The van der Waals surface area contributed by atoms with Crippen LogP contribution in [0.5, 0.6) is 0 Å². The quantitative estimate of drug-likeness (QED) is 0.564. The van der Waals surface area contributed by atoms with E-state index in [9.17, 15) is 9.18 Å². The molecular weight excluding hydrogens is 359 g/mol. The Bertz CT molecular complexity index is 1120. The molecule has 0 radical (unpaired) electrons. The van der Waals surface area contributed by atoms with Crippen LogP contribution in [0.15, 0.2) is 71.5 Å². The summed E-state index contributed by atoms with van der Waals surface area (Å²) in [5.41, 5.74) is 3.64. The minimum Gasteiger partial charge on any atom is -0.355 e. The molecule has 0 spiro atoms. The molecule has 0 atom stereocenters. The number of carbonyl (C=O) groups excluding carboxylic acids is 1. The maximum absolute atomic E-state index is 13.0. The monoisotopic (exact) mass is 376 g/mol. The summed E-state index contributed by atoms with van der Waals surface area (Å²) in [6.07, 6.45) is 3.33. The third-order valence-electron chi connectivity index (χ3n) is 4.19. The molecule has 1 N–H and O–H groups in total. The Hall–Kier alpha value is -3.74. The molecule has 140 valence electrons. The highest BCUT2D eigenvalue weighted by atomic mass is 19.1. The van der Waals surface area contributed by atoms with Gasteiger partial charge in [-0.25, -0.2) is 4.39 Å². The lowest BCUT2D eigenvalue weighted by Gasteiger charge is -2.03. The van der Waals surface area contributed by atoms with Gasteiger partial charge < -0.3 is 9.84 Å². The Morgan fingerprint density at radius 1 is 1.18 bits per heavy atom. The second-order valence-electron chi connectivity index (χ2n) is 6.45. The van der Waals surface area contributed by atoms with Crippen LogP contribution in [0, 0.1) is 12.7 Å². The molecule has 4 rings (SSSR count). The van der Waals surface area contributed by atoms with Crippen LogP contribution in [-0.2, 0) is 6.54 Å². The lowest BCUT2D eigenvalue weighted by molar-refractivity contribution is 0.101. The Labute approximate surface area is 160 Å². The van der Waals surface area contributed by atoms with Gasteiger partial charge in [0.25, 0.3) is 5.91 Å². The fraction of sp³-hybridized carbons (Fsp3) is 0.0952. The number of benzene rings is 2. The largest absolute Gasteiger partial charge is 0.355 e. The highest BCUT2D eigenvalue weighted by Gasteiger charge is 2.15. The number of hydrogen-bond acceptors (Lipinski definition) is 4. The van der Waals surface area contributed by atoms with Crippen molar-refractivity contribution >= 4 is 11.6 Å². The molecule has 2 aromatic carbocycles. The number of amides is 1. The Morgan fingerprint density at radius 2 is 2.00 bits per heavy atom. The topological polar surface area (TPSA) is 73.0 Å². The summed E-state index contributed by atoms with van der Waals surface area (Å²) in [6, 6.07) is 15.4. The molecule has 28 heavy (non-hydrogen) atoms. The summed E-state index contributed by atoms with van der Waals surface area (Å²) in [5.74, 6) is -0.364. The molecule has 0 fully saturated rings. The van der Waals surface area contributed by atoms with Crippen LogP contribution in [0.25, 0.3) is 11.3 Å². The van der Waals surface area contributed by atoms with Crippen LogP contribution in [0.2, 0.25) is 0 Å². The summed E-state index contributed by atoms with van der Waals surface area (Å²) in [7, 11) is 0. The summed E-state index contributed by atoms with van der Waals surface area (Å²) in [6.45, 7) is 2.65. The number of aryl methyl sites for hydroxylation is 1. The molecule has 0 aliphatic rings. The zero-order valence-electron chi connectivity index (χ0n) is 15.1. The SMILES string of the molecule is Cc1cccc(Cn2cc(NC(=O)c3cc(-c4ccc(F)cc4)on3)cn2)c1. The Balaban J connectivity index is 1.43. The molecule has 0 aliphatic carbocycles. The smallest absolute Gasteiger partial charge is 0.277 e. The van der Waals surface area contributed by atoms with Crippen molar-refractivity contribution in [3.63, 3.8) is 0 Å². The van der Waals surface area contributed by atoms with Crippen molar-refractivity contribution in [1.29, 1.82) is 0 Å². The minimum absolute atomic E-state index is 0.130. The Morgan fingerprint density at radius 3 is 2.79 bits per heavy atom. The lowest BCUT2D eigenvalue weighted by atomic mass is 10.1. The average Bonchev–Trinajstić information content (AvgIpc) is 3.32. The van der Waals surface area contributed by atoms with Gasteiger partial charge in [0.05, 0.1) is 18.4 Å². The number of carbonyl (C=O) groups is 1. The van der Waals surface area contributed by atoms with Crippen LogP contribution in [-0.4, -0.2) is 20.8 Å². The molecule has 2 aromatic heterocycles.